The highest BCUT2D eigenvalue weighted by Crippen LogP contribution is 2.31. The minimum absolute atomic E-state index is 0.0970. The van der Waals surface area contributed by atoms with Gasteiger partial charge in [0.05, 0.1) is 13.5 Å². The third-order valence-corrected chi connectivity index (χ3v) is 3.03. The standard InChI is InChI=1S/C14H17NO4/c1-9(16)15-11-4-6-13-10(7-11)3-5-12(19-13)8-14(17)18-2/h4,6-7,12H,3,5,8H2,1-2H3,(H,15,16)/t12-/m0/s1. The number of benzene rings is 1. The zero-order chi connectivity index (χ0) is 13.8. The molecule has 0 unspecified atom stereocenters. The van der Waals surface area contributed by atoms with Crippen molar-refractivity contribution in [2.75, 3.05) is 12.4 Å². The summed E-state index contributed by atoms with van der Waals surface area (Å²) in [5, 5.41) is 2.74. The fraction of sp³-hybridized carbons (Fsp3) is 0.429. The van der Waals surface area contributed by atoms with Gasteiger partial charge in [0.15, 0.2) is 0 Å². The smallest absolute Gasteiger partial charge is 0.309 e. The number of amides is 1. The number of hydrogen-bond donors (Lipinski definition) is 1. The van der Waals surface area contributed by atoms with Crippen molar-refractivity contribution in [1.29, 1.82) is 0 Å². The average Bonchev–Trinajstić information content (AvgIpc) is 2.38. The lowest BCUT2D eigenvalue weighted by molar-refractivity contribution is -0.142. The van der Waals surface area contributed by atoms with Crippen LogP contribution in [0, 0.1) is 0 Å². The Morgan fingerprint density at radius 3 is 2.95 bits per heavy atom. The van der Waals surface area contributed by atoms with Crippen LogP contribution in [-0.4, -0.2) is 25.1 Å². The van der Waals surface area contributed by atoms with Crippen LogP contribution in [0.4, 0.5) is 5.69 Å². The van der Waals surface area contributed by atoms with Gasteiger partial charge in [0.2, 0.25) is 5.91 Å². The van der Waals surface area contributed by atoms with E-state index in [2.05, 4.69) is 10.1 Å². The summed E-state index contributed by atoms with van der Waals surface area (Å²) in [6.07, 6.45) is 1.73. The summed E-state index contributed by atoms with van der Waals surface area (Å²) in [5.74, 6) is 0.415. The van der Waals surface area contributed by atoms with Gasteiger partial charge in [-0.3, -0.25) is 9.59 Å². The molecule has 1 aliphatic rings. The molecule has 0 radical (unpaired) electrons. The molecule has 0 fully saturated rings. The molecule has 1 aromatic rings. The van der Waals surface area contributed by atoms with Crippen LogP contribution < -0.4 is 10.1 Å². The molecule has 0 aromatic heterocycles. The number of ether oxygens (including phenoxy) is 2. The minimum Gasteiger partial charge on any atom is -0.490 e. The van der Waals surface area contributed by atoms with Crippen molar-refractivity contribution in [2.24, 2.45) is 0 Å². The van der Waals surface area contributed by atoms with Crippen LogP contribution in [0.2, 0.25) is 0 Å². The maximum absolute atomic E-state index is 11.2. The van der Waals surface area contributed by atoms with Gasteiger partial charge in [0.25, 0.3) is 0 Å². The Labute approximate surface area is 111 Å². The number of hydrogen-bond acceptors (Lipinski definition) is 4. The van der Waals surface area contributed by atoms with E-state index in [1.165, 1.54) is 14.0 Å². The van der Waals surface area contributed by atoms with E-state index in [0.29, 0.717) is 0 Å². The molecule has 1 atom stereocenters. The molecule has 19 heavy (non-hydrogen) atoms. The molecule has 1 amide bonds. The van der Waals surface area contributed by atoms with E-state index in [4.69, 9.17) is 4.74 Å². The Balaban J connectivity index is 2.06. The first-order valence-corrected chi connectivity index (χ1v) is 6.22. The number of fused-ring (bicyclic) bond motifs is 1. The van der Waals surface area contributed by atoms with Crippen molar-refractivity contribution in [3.05, 3.63) is 23.8 Å². The number of carbonyl (C=O) groups excluding carboxylic acids is 2. The van der Waals surface area contributed by atoms with Crippen molar-refractivity contribution in [3.63, 3.8) is 0 Å². The third kappa shape index (κ3) is 3.47. The molecule has 5 heteroatoms. The Bertz CT molecular complexity index is 498. The molecular formula is C14H17NO4. The lowest BCUT2D eigenvalue weighted by Gasteiger charge is -2.25. The molecule has 1 N–H and O–H groups in total. The lowest BCUT2D eigenvalue weighted by Crippen LogP contribution is -2.26. The summed E-state index contributed by atoms with van der Waals surface area (Å²) in [4.78, 5) is 22.2. The molecule has 1 heterocycles. The molecule has 102 valence electrons. The molecule has 0 saturated heterocycles. The zero-order valence-corrected chi connectivity index (χ0v) is 11.1. The summed E-state index contributed by atoms with van der Waals surface area (Å²) in [5.41, 5.74) is 1.81. The van der Waals surface area contributed by atoms with E-state index in [1.54, 1.807) is 6.07 Å². The van der Waals surface area contributed by atoms with Crippen molar-refractivity contribution >= 4 is 17.6 Å². The van der Waals surface area contributed by atoms with Gasteiger partial charge in [0.1, 0.15) is 11.9 Å². The normalized spacial score (nSPS) is 17.1. The number of esters is 1. The van der Waals surface area contributed by atoms with Gasteiger partial charge in [-0.25, -0.2) is 0 Å². The molecule has 2 rings (SSSR count). The Morgan fingerprint density at radius 2 is 2.26 bits per heavy atom. The van der Waals surface area contributed by atoms with Crippen molar-refractivity contribution < 1.29 is 19.1 Å². The number of anilines is 1. The molecule has 1 aromatic carbocycles. The molecule has 1 aliphatic heterocycles. The van der Waals surface area contributed by atoms with E-state index in [1.807, 2.05) is 12.1 Å². The monoisotopic (exact) mass is 263 g/mol. The van der Waals surface area contributed by atoms with Crippen molar-refractivity contribution in [2.45, 2.75) is 32.3 Å². The van der Waals surface area contributed by atoms with Crippen LogP contribution in [0.5, 0.6) is 5.75 Å². The molecule has 5 nitrogen and oxygen atoms in total. The number of methoxy groups -OCH3 is 1. The van der Waals surface area contributed by atoms with Crippen LogP contribution in [0.15, 0.2) is 18.2 Å². The van der Waals surface area contributed by atoms with Crippen LogP contribution in [0.3, 0.4) is 0 Å². The second kappa shape index (κ2) is 5.73. The van der Waals surface area contributed by atoms with Gasteiger partial charge >= 0.3 is 5.97 Å². The molecular weight excluding hydrogens is 246 g/mol. The number of carbonyl (C=O) groups is 2. The number of rotatable bonds is 3. The van der Waals surface area contributed by atoms with E-state index in [-0.39, 0.29) is 24.4 Å². The van der Waals surface area contributed by atoms with Gasteiger partial charge in [0, 0.05) is 12.6 Å². The third-order valence-electron chi connectivity index (χ3n) is 3.03. The summed E-state index contributed by atoms with van der Waals surface area (Å²) in [6, 6.07) is 5.52. The van der Waals surface area contributed by atoms with Gasteiger partial charge < -0.3 is 14.8 Å². The maximum Gasteiger partial charge on any atom is 0.309 e. The van der Waals surface area contributed by atoms with Gasteiger partial charge in [-0.2, -0.15) is 0 Å². The predicted octanol–water partition coefficient (Wildman–Crippen LogP) is 1.90. The summed E-state index contributed by atoms with van der Waals surface area (Å²) in [6.45, 7) is 1.47. The topological polar surface area (TPSA) is 64.6 Å². The van der Waals surface area contributed by atoms with Crippen LogP contribution in [0.25, 0.3) is 0 Å². The predicted molar refractivity (Wildman–Crippen MR) is 70.1 cm³/mol. The molecule has 0 saturated carbocycles. The van der Waals surface area contributed by atoms with E-state index in [0.717, 1.165) is 29.8 Å². The lowest BCUT2D eigenvalue weighted by atomic mass is 10.00. The SMILES string of the molecule is COC(=O)C[C@@H]1CCc2cc(NC(C)=O)ccc2O1. The summed E-state index contributed by atoms with van der Waals surface area (Å²) < 4.78 is 10.4. The highest BCUT2D eigenvalue weighted by molar-refractivity contribution is 5.88. The number of nitrogens with one attached hydrogen (secondary N) is 1. The molecule has 0 spiro atoms. The minimum atomic E-state index is -0.261. The first-order chi connectivity index (χ1) is 9.08. The quantitative estimate of drug-likeness (QED) is 0.846. The highest BCUT2D eigenvalue weighted by atomic mass is 16.5. The van der Waals surface area contributed by atoms with E-state index in [9.17, 15) is 9.59 Å². The Hall–Kier alpha value is -2.04. The van der Waals surface area contributed by atoms with E-state index >= 15 is 0 Å². The fourth-order valence-electron chi connectivity index (χ4n) is 2.14. The second-order valence-corrected chi connectivity index (χ2v) is 4.56. The van der Waals surface area contributed by atoms with Gasteiger partial charge in [-0.05, 0) is 36.6 Å². The zero-order valence-electron chi connectivity index (χ0n) is 11.1. The van der Waals surface area contributed by atoms with Crippen LogP contribution >= 0.6 is 0 Å². The summed E-state index contributed by atoms with van der Waals surface area (Å²) >= 11 is 0. The van der Waals surface area contributed by atoms with Crippen molar-refractivity contribution in [1.82, 2.24) is 0 Å². The Kier molecular flexibility index (Phi) is 4.04. The number of aryl methyl sites for hydroxylation is 1. The second-order valence-electron chi connectivity index (χ2n) is 4.56. The van der Waals surface area contributed by atoms with Crippen molar-refractivity contribution in [3.8, 4) is 5.75 Å². The largest absolute Gasteiger partial charge is 0.490 e. The van der Waals surface area contributed by atoms with E-state index < -0.39 is 0 Å². The maximum atomic E-state index is 11.2. The Morgan fingerprint density at radius 1 is 1.47 bits per heavy atom. The fourth-order valence-corrected chi connectivity index (χ4v) is 2.14. The average molecular weight is 263 g/mol. The van der Waals surface area contributed by atoms with Crippen LogP contribution in [-0.2, 0) is 20.7 Å². The van der Waals surface area contributed by atoms with Gasteiger partial charge in [-0.1, -0.05) is 0 Å². The highest BCUT2D eigenvalue weighted by Gasteiger charge is 2.22. The molecule has 0 aliphatic carbocycles. The summed E-state index contributed by atoms with van der Waals surface area (Å²) in [7, 11) is 1.37. The van der Waals surface area contributed by atoms with Crippen LogP contribution in [0.1, 0.15) is 25.3 Å². The first-order valence-electron chi connectivity index (χ1n) is 6.22. The first kappa shape index (κ1) is 13.4. The molecule has 0 bridgehead atoms. The van der Waals surface area contributed by atoms with Gasteiger partial charge in [-0.15, -0.1) is 0 Å².